The number of rotatable bonds is 2. The van der Waals surface area contributed by atoms with E-state index in [2.05, 4.69) is 0 Å². The van der Waals surface area contributed by atoms with Crippen molar-refractivity contribution in [1.82, 2.24) is 0 Å². The van der Waals surface area contributed by atoms with E-state index >= 15 is 0 Å². The fourth-order valence-electron chi connectivity index (χ4n) is 5.12. The summed E-state index contributed by atoms with van der Waals surface area (Å²) in [6.45, 7) is 1.97. The second-order valence-electron chi connectivity index (χ2n) is 9.57. The van der Waals surface area contributed by atoms with Gasteiger partial charge in [0, 0.05) is 24.3 Å². The smallest absolute Gasteiger partial charge is 0.342 e. The first-order chi connectivity index (χ1) is 17.9. The third-order valence-corrected chi connectivity index (χ3v) is 6.96. The lowest BCUT2D eigenvalue weighted by Crippen LogP contribution is -2.24. The highest BCUT2D eigenvalue weighted by molar-refractivity contribution is 5.99. The number of cyclic esters (lactones) is 1. The molecule has 0 fully saturated rings. The Kier molecular flexibility index (Phi) is 7.17. The fraction of sp³-hybridized carbons (Fsp3) is 0.414. The van der Waals surface area contributed by atoms with E-state index < -0.39 is 11.9 Å². The zero-order valence-electron chi connectivity index (χ0n) is 21.0. The zero-order chi connectivity index (χ0) is 25.9. The van der Waals surface area contributed by atoms with Crippen molar-refractivity contribution in [2.75, 3.05) is 13.9 Å². The number of esters is 2. The average molecular weight is 507 g/mol. The van der Waals surface area contributed by atoms with Crippen LogP contribution < -0.4 is 18.9 Å². The Morgan fingerprint density at radius 1 is 0.973 bits per heavy atom. The molecule has 2 aromatic carbocycles. The van der Waals surface area contributed by atoms with Crippen molar-refractivity contribution in [2.45, 2.75) is 63.9 Å². The second kappa shape index (κ2) is 10.7. The van der Waals surface area contributed by atoms with Crippen molar-refractivity contribution >= 4 is 23.8 Å². The molecule has 3 aliphatic rings. The van der Waals surface area contributed by atoms with Gasteiger partial charge in [-0.25, -0.2) is 4.79 Å². The van der Waals surface area contributed by atoms with Crippen molar-refractivity contribution in [1.29, 1.82) is 0 Å². The van der Waals surface area contributed by atoms with Crippen molar-refractivity contribution in [3.63, 3.8) is 0 Å². The van der Waals surface area contributed by atoms with Crippen molar-refractivity contribution in [3.8, 4) is 23.0 Å². The monoisotopic (exact) mass is 506 g/mol. The first kappa shape index (κ1) is 24.9. The number of hydrogen-bond donors (Lipinski definition) is 0. The zero-order valence-corrected chi connectivity index (χ0v) is 21.0. The molecule has 0 saturated carbocycles. The highest BCUT2D eigenvalue weighted by Crippen LogP contribution is 2.49. The molecule has 37 heavy (non-hydrogen) atoms. The Hall–Kier alpha value is -3.81. The van der Waals surface area contributed by atoms with Crippen LogP contribution in [0.2, 0.25) is 0 Å². The van der Waals surface area contributed by atoms with Gasteiger partial charge in [-0.15, -0.1) is 0 Å². The molecule has 0 bridgehead atoms. The molecule has 3 heterocycles. The Morgan fingerprint density at radius 2 is 1.78 bits per heavy atom. The number of benzene rings is 2. The second-order valence-corrected chi connectivity index (χ2v) is 9.57. The molecule has 0 aromatic heterocycles. The Bertz CT molecular complexity index is 1260. The van der Waals surface area contributed by atoms with Gasteiger partial charge in [0.15, 0.2) is 11.5 Å². The largest absolute Gasteiger partial charge is 0.495 e. The highest BCUT2D eigenvalue weighted by atomic mass is 16.7. The predicted octanol–water partition coefficient (Wildman–Crippen LogP) is 5.35. The molecule has 2 aromatic rings. The van der Waals surface area contributed by atoms with Crippen molar-refractivity contribution < 1.29 is 38.1 Å². The Morgan fingerprint density at radius 3 is 2.62 bits per heavy atom. The topological polar surface area (TPSA) is 97.4 Å². The quantitative estimate of drug-likeness (QED) is 0.397. The molecule has 194 valence electrons. The van der Waals surface area contributed by atoms with Gasteiger partial charge < -0.3 is 23.7 Å². The number of allylic oxidation sites excluding steroid dienone is 1. The summed E-state index contributed by atoms with van der Waals surface area (Å²) in [6.07, 6.45) is 7.10. The molecular weight excluding hydrogens is 476 g/mol. The molecule has 0 radical (unpaired) electrons. The van der Waals surface area contributed by atoms with Crippen molar-refractivity contribution in [2.24, 2.45) is 0 Å². The van der Waals surface area contributed by atoms with Crippen LogP contribution in [-0.2, 0) is 14.3 Å². The normalized spacial score (nSPS) is 21.8. The van der Waals surface area contributed by atoms with Crippen LogP contribution in [0.3, 0.4) is 0 Å². The summed E-state index contributed by atoms with van der Waals surface area (Å²) in [5.74, 6) is 0.824. The molecule has 0 aliphatic carbocycles. The fourth-order valence-corrected chi connectivity index (χ4v) is 5.12. The highest BCUT2D eigenvalue weighted by Gasteiger charge is 2.36. The maximum absolute atomic E-state index is 13.5. The summed E-state index contributed by atoms with van der Waals surface area (Å²) in [5, 5.41) is 0. The van der Waals surface area contributed by atoms with Crippen LogP contribution in [0.5, 0.6) is 23.0 Å². The van der Waals surface area contributed by atoms with Gasteiger partial charge in [0.1, 0.15) is 22.8 Å². The van der Waals surface area contributed by atoms with Gasteiger partial charge in [0.05, 0.1) is 19.6 Å². The van der Waals surface area contributed by atoms with Crippen LogP contribution in [0.1, 0.15) is 84.8 Å². The molecule has 0 spiro atoms. The van der Waals surface area contributed by atoms with E-state index in [1.165, 1.54) is 7.11 Å². The number of methoxy groups -OCH3 is 1. The van der Waals surface area contributed by atoms with Crippen LogP contribution in [-0.4, -0.2) is 37.7 Å². The summed E-state index contributed by atoms with van der Waals surface area (Å²) in [4.78, 5) is 38.3. The molecule has 8 heteroatoms. The molecule has 0 saturated heterocycles. The van der Waals surface area contributed by atoms with E-state index in [1.54, 1.807) is 12.1 Å². The van der Waals surface area contributed by atoms with Gasteiger partial charge in [-0.2, -0.15) is 0 Å². The van der Waals surface area contributed by atoms with Crippen LogP contribution >= 0.6 is 0 Å². The van der Waals surface area contributed by atoms with Gasteiger partial charge in [-0.3, -0.25) is 9.59 Å². The van der Waals surface area contributed by atoms with E-state index in [1.807, 2.05) is 31.2 Å². The average Bonchev–Trinajstić information content (AvgIpc) is 3.34. The lowest BCUT2D eigenvalue weighted by molar-refractivity contribution is -0.135. The summed E-state index contributed by atoms with van der Waals surface area (Å²) in [7, 11) is 1.50. The number of carbonyl (C=O) groups excluding carboxylic acids is 3. The van der Waals surface area contributed by atoms with Crippen LogP contribution in [0.4, 0.5) is 0 Å². The number of Topliss-reactive ketones (excluding diaryl/α,β-unsaturated/α-hetero) is 1. The molecule has 8 nitrogen and oxygen atoms in total. The lowest BCUT2D eigenvalue weighted by Gasteiger charge is -2.29. The van der Waals surface area contributed by atoms with E-state index in [0.29, 0.717) is 71.8 Å². The third-order valence-electron chi connectivity index (χ3n) is 6.96. The number of hydrogen-bond acceptors (Lipinski definition) is 8. The maximum Gasteiger partial charge on any atom is 0.342 e. The summed E-state index contributed by atoms with van der Waals surface area (Å²) >= 11 is 0. The molecule has 0 amide bonds. The minimum Gasteiger partial charge on any atom is -0.495 e. The summed E-state index contributed by atoms with van der Waals surface area (Å²) < 4.78 is 28.3. The number of carbonyl (C=O) groups is 3. The lowest BCUT2D eigenvalue weighted by atomic mass is 9.83. The van der Waals surface area contributed by atoms with Gasteiger partial charge in [0.2, 0.25) is 6.79 Å². The number of fused-ring (bicyclic) bond motifs is 3. The predicted molar refractivity (Wildman–Crippen MR) is 134 cm³/mol. The Balaban J connectivity index is 1.62. The van der Waals surface area contributed by atoms with Gasteiger partial charge in [0.25, 0.3) is 0 Å². The van der Waals surface area contributed by atoms with E-state index in [-0.39, 0.29) is 31.1 Å². The third kappa shape index (κ3) is 5.19. The number of ether oxygens (including phenoxy) is 5. The molecule has 0 unspecified atom stereocenters. The van der Waals surface area contributed by atoms with Crippen LogP contribution in [0, 0.1) is 0 Å². The number of ketones is 1. The molecule has 0 N–H and O–H groups in total. The summed E-state index contributed by atoms with van der Waals surface area (Å²) in [6, 6.07) is 7.24. The van der Waals surface area contributed by atoms with Crippen molar-refractivity contribution in [3.05, 3.63) is 52.6 Å². The maximum atomic E-state index is 13.5. The van der Waals surface area contributed by atoms with Gasteiger partial charge in [-0.1, -0.05) is 18.2 Å². The van der Waals surface area contributed by atoms with E-state index in [9.17, 15) is 14.4 Å². The first-order valence-electron chi connectivity index (χ1n) is 12.7. The van der Waals surface area contributed by atoms with Crippen LogP contribution in [0.15, 0.2) is 30.3 Å². The molecule has 5 rings (SSSR count). The molecular formula is C29H30O8. The summed E-state index contributed by atoms with van der Waals surface area (Å²) in [5.41, 5.74) is 2.27. The standard InChI is InChI=1S/C29H30O8/c1-17-7-6-10-20(30)9-5-3-4-8-19-14-24-27(28(33-2)26(19)29(32)36-17)21(15-25(31)37-24)18-11-12-22-23(13-18)35-16-34-22/h4,8,11-14,17,21H,3,5-7,9-10,15-16H2,1-2H3/t17-,21+/m0/s1. The van der Waals surface area contributed by atoms with Crippen LogP contribution in [0.25, 0.3) is 6.08 Å². The minimum absolute atomic E-state index is 0.0805. The molecule has 2 atom stereocenters. The SMILES string of the molecule is COc1c2c(cc3c1[C@@H](c1ccc4c(c1)OCO4)CC(=O)O3)C=CCCCC(=O)CCC[C@H](C)OC2=O. The van der Waals surface area contributed by atoms with E-state index in [0.717, 1.165) is 12.0 Å². The van der Waals surface area contributed by atoms with Gasteiger partial charge in [-0.05, 0) is 61.9 Å². The van der Waals surface area contributed by atoms with Gasteiger partial charge >= 0.3 is 11.9 Å². The first-order valence-corrected chi connectivity index (χ1v) is 12.7. The molecule has 3 aliphatic heterocycles. The van der Waals surface area contributed by atoms with E-state index in [4.69, 9.17) is 23.7 Å². The minimum atomic E-state index is -0.517. The Labute approximate surface area is 215 Å².